The van der Waals surface area contributed by atoms with Crippen LogP contribution < -0.4 is 0 Å². The first-order valence-electron chi connectivity index (χ1n) is 4.77. The van der Waals surface area contributed by atoms with Crippen molar-refractivity contribution in [1.82, 2.24) is 0 Å². The Kier molecular flexibility index (Phi) is 3.98. The second-order valence-corrected chi connectivity index (χ2v) is 6.29. The summed E-state index contributed by atoms with van der Waals surface area (Å²) < 4.78 is 0. The summed E-state index contributed by atoms with van der Waals surface area (Å²) in [6, 6.07) is 0. The third-order valence-electron chi connectivity index (χ3n) is 2.59. The van der Waals surface area contributed by atoms with Gasteiger partial charge in [0.2, 0.25) is 0 Å². The molecule has 0 heterocycles. The van der Waals surface area contributed by atoms with E-state index >= 15 is 0 Å². The van der Waals surface area contributed by atoms with Gasteiger partial charge < -0.3 is 0 Å². The molecule has 1 heteroatoms. The Labute approximate surface area is 77.4 Å². The largest absolute Gasteiger partial charge is 0.124 e. The molecule has 0 saturated heterocycles. The molecular weight excluding hydrogens is 160 g/mol. The van der Waals surface area contributed by atoms with Crippen LogP contribution in [0.3, 0.4) is 0 Å². The van der Waals surface area contributed by atoms with Crippen molar-refractivity contribution in [3.63, 3.8) is 0 Å². The van der Waals surface area contributed by atoms with Crippen molar-refractivity contribution >= 4 is 8.80 Å². The molecule has 0 N–H and O–H groups in total. The lowest BCUT2D eigenvalue weighted by Crippen LogP contribution is -2.11. The van der Waals surface area contributed by atoms with Crippen LogP contribution in [0.15, 0.2) is 0 Å². The van der Waals surface area contributed by atoms with E-state index in [1.165, 1.54) is 25.7 Å². The molecule has 1 saturated carbocycles. The van der Waals surface area contributed by atoms with Gasteiger partial charge in [-0.1, -0.05) is 38.2 Å². The van der Waals surface area contributed by atoms with Crippen LogP contribution in [-0.2, 0) is 0 Å². The van der Waals surface area contributed by atoms with Gasteiger partial charge in [-0.25, -0.2) is 0 Å². The van der Waals surface area contributed by atoms with E-state index in [-0.39, 0.29) is 0 Å². The number of hydrogen-bond donors (Lipinski definition) is 0. The summed E-state index contributed by atoms with van der Waals surface area (Å²) in [6.45, 7) is 4.21. The van der Waals surface area contributed by atoms with Gasteiger partial charge in [0.1, 0.15) is 8.80 Å². The minimum Gasteiger partial charge on any atom is -0.121 e. The van der Waals surface area contributed by atoms with E-state index in [1.54, 1.807) is 0 Å². The zero-order valence-corrected chi connectivity index (χ0v) is 9.14. The van der Waals surface area contributed by atoms with Crippen molar-refractivity contribution in [2.45, 2.75) is 44.7 Å². The van der Waals surface area contributed by atoms with Crippen LogP contribution in [0.4, 0.5) is 0 Å². The zero-order valence-electron chi connectivity index (χ0n) is 7.98. The molecule has 1 atom stereocenters. The lowest BCUT2D eigenvalue weighted by atomic mass is 10.4. The van der Waals surface area contributed by atoms with Crippen molar-refractivity contribution in [2.75, 3.05) is 0 Å². The highest BCUT2D eigenvalue weighted by molar-refractivity contribution is 6.67. The van der Waals surface area contributed by atoms with Crippen LogP contribution in [0.25, 0.3) is 0 Å². The summed E-state index contributed by atoms with van der Waals surface area (Å²) in [4.78, 5) is 0. The maximum atomic E-state index is 3.34. The SMILES string of the molecule is CC#CC#C[Si@@H](C)C1CCCC1. The maximum absolute atomic E-state index is 3.34. The van der Waals surface area contributed by atoms with Crippen LogP contribution in [0, 0.1) is 23.3 Å². The molecule has 0 aromatic heterocycles. The minimum absolute atomic E-state index is 0.750. The van der Waals surface area contributed by atoms with Crippen LogP contribution in [-0.4, -0.2) is 8.80 Å². The predicted molar refractivity (Wildman–Crippen MR) is 56.5 cm³/mol. The predicted octanol–water partition coefficient (Wildman–Crippen LogP) is 2.35. The highest BCUT2D eigenvalue weighted by Crippen LogP contribution is 2.32. The van der Waals surface area contributed by atoms with Crippen molar-refractivity contribution in [3.05, 3.63) is 0 Å². The molecule has 0 aromatic rings. The molecule has 0 nitrogen and oxygen atoms in total. The lowest BCUT2D eigenvalue weighted by molar-refractivity contribution is 0.862. The monoisotopic (exact) mass is 176 g/mol. The van der Waals surface area contributed by atoms with Crippen LogP contribution in [0.2, 0.25) is 12.1 Å². The van der Waals surface area contributed by atoms with Crippen LogP contribution >= 0.6 is 0 Å². The van der Waals surface area contributed by atoms with Gasteiger partial charge in [0.05, 0.1) is 0 Å². The van der Waals surface area contributed by atoms with E-state index in [0.717, 1.165) is 5.54 Å². The van der Waals surface area contributed by atoms with Crippen molar-refractivity contribution in [3.8, 4) is 23.3 Å². The first kappa shape index (κ1) is 9.43. The number of rotatable bonds is 1. The first-order valence-corrected chi connectivity index (χ1v) is 7.16. The van der Waals surface area contributed by atoms with E-state index in [4.69, 9.17) is 0 Å². The maximum Gasteiger partial charge on any atom is 0.124 e. The molecule has 0 aromatic carbocycles. The quantitative estimate of drug-likeness (QED) is 0.425. The number of hydrogen-bond acceptors (Lipinski definition) is 0. The topological polar surface area (TPSA) is 0 Å². The van der Waals surface area contributed by atoms with Gasteiger partial charge in [0.25, 0.3) is 0 Å². The fraction of sp³-hybridized carbons (Fsp3) is 0.636. The third-order valence-corrected chi connectivity index (χ3v) is 5.27. The summed E-state index contributed by atoms with van der Waals surface area (Å²) in [5.74, 6) is 8.60. The Bertz CT molecular complexity index is 240. The molecule has 1 rings (SSSR count). The molecule has 64 valence electrons. The second-order valence-electron chi connectivity index (χ2n) is 3.48. The van der Waals surface area contributed by atoms with Gasteiger partial charge in [0.15, 0.2) is 0 Å². The zero-order chi connectivity index (χ0) is 8.81. The molecule has 12 heavy (non-hydrogen) atoms. The Morgan fingerprint density at radius 1 is 1.17 bits per heavy atom. The molecule has 1 aliphatic carbocycles. The molecule has 1 aliphatic rings. The Hall–Kier alpha value is -0.663. The Morgan fingerprint density at radius 3 is 2.42 bits per heavy atom. The molecule has 0 aliphatic heterocycles. The molecule has 0 unspecified atom stereocenters. The molecule has 0 amide bonds. The van der Waals surface area contributed by atoms with Gasteiger partial charge >= 0.3 is 0 Å². The minimum atomic E-state index is -0.750. The van der Waals surface area contributed by atoms with Gasteiger partial charge in [-0.2, -0.15) is 0 Å². The van der Waals surface area contributed by atoms with E-state index in [9.17, 15) is 0 Å². The third kappa shape index (κ3) is 2.76. The standard InChI is InChI=1S/C11H16Si/c1-3-4-7-10-12(2)11-8-5-6-9-11/h11-12H,5-6,8-9H2,1-2H3/t12-/m1/s1. The molecule has 0 spiro atoms. The van der Waals surface area contributed by atoms with Gasteiger partial charge in [-0.15, -0.1) is 5.54 Å². The average Bonchev–Trinajstić information content (AvgIpc) is 2.56. The van der Waals surface area contributed by atoms with Crippen molar-refractivity contribution in [1.29, 1.82) is 0 Å². The van der Waals surface area contributed by atoms with Crippen molar-refractivity contribution in [2.24, 2.45) is 0 Å². The lowest BCUT2D eigenvalue weighted by Gasteiger charge is -2.08. The summed E-state index contributed by atoms with van der Waals surface area (Å²) in [7, 11) is -0.750. The summed E-state index contributed by atoms with van der Waals surface area (Å²) >= 11 is 0. The molecular formula is C11H16Si. The second kappa shape index (κ2) is 5.07. The smallest absolute Gasteiger partial charge is 0.121 e. The van der Waals surface area contributed by atoms with Crippen LogP contribution in [0.5, 0.6) is 0 Å². The van der Waals surface area contributed by atoms with Gasteiger partial charge in [-0.05, 0) is 24.3 Å². The van der Waals surface area contributed by atoms with E-state index < -0.39 is 8.80 Å². The molecule has 1 fully saturated rings. The molecule has 0 radical (unpaired) electrons. The highest BCUT2D eigenvalue weighted by atomic mass is 28.3. The Balaban J connectivity index is 2.41. The van der Waals surface area contributed by atoms with E-state index in [0.29, 0.717) is 0 Å². The van der Waals surface area contributed by atoms with Gasteiger partial charge in [-0.3, -0.25) is 0 Å². The van der Waals surface area contributed by atoms with Crippen molar-refractivity contribution < 1.29 is 0 Å². The van der Waals surface area contributed by atoms with E-state index in [1.807, 2.05) is 6.92 Å². The average molecular weight is 176 g/mol. The fourth-order valence-corrected chi connectivity index (χ4v) is 3.79. The summed E-state index contributed by atoms with van der Waals surface area (Å²) in [5, 5.41) is 0. The molecule has 0 bridgehead atoms. The van der Waals surface area contributed by atoms with Crippen LogP contribution in [0.1, 0.15) is 32.6 Å². The van der Waals surface area contributed by atoms with E-state index in [2.05, 4.69) is 29.9 Å². The summed E-state index contributed by atoms with van der Waals surface area (Å²) in [5.41, 5.74) is 4.32. The highest BCUT2D eigenvalue weighted by Gasteiger charge is 2.20. The summed E-state index contributed by atoms with van der Waals surface area (Å²) in [6.07, 6.45) is 5.73. The fourth-order valence-electron chi connectivity index (χ4n) is 1.79. The first-order chi connectivity index (χ1) is 5.84. The Morgan fingerprint density at radius 2 is 1.83 bits per heavy atom. The van der Waals surface area contributed by atoms with Gasteiger partial charge in [0, 0.05) is 0 Å². The normalized spacial score (nSPS) is 18.8.